The number of rotatable bonds is 4. The molecule has 240 valence electrons. The van der Waals surface area contributed by atoms with Crippen LogP contribution in [0, 0.1) is 22.7 Å². The molecule has 4 aromatic carbocycles. The average Bonchev–Trinajstić information content (AvgIpc) is 3.71. The molecule has 0 radical (unpaired) electrons. The smallest absolute Gasteiger partial charge is 0.150 e. The van der Waals surface area contributed by atoms with Gasteiger partial charge in [-0.1, -0.05) is 24.3 Å². The summed E-state index contributed by atoms with van der Waals surface area (Å²) in [6.07, 6.45) is 6.07. The first-order chi connectivity index (χ1) is 23.5. The number of hydrogen-bond acceptors (Lipinski definition) is 8. The molecule has 0 amide bonds. The van der Waals surface area contributed by atoms with E-state index >= 15 is 0 Å². The predicted molar refractivity (Wildman–Crippen MR) is 181 cm³/mol. The summed E-state index contributed by atoms with van der Waals surface area (Å²) in [5, 5.41) is 49.4. The van der Waals surface area contributed by atoms with E-state index in [1.165, 1.54) is 0 Å². The molecule has 6 aromatic rings. The van der Waals surface area contributed by atoms with E-state index in [2.05, 4.69) is 12.1 Å². The highest BCUT2D eigenvalue weighted by Gasteiger charge is 2.23. The number of nitriles is 2. The molecule has 2 N–H and O–H groups in total. The molecule has 2 aliphatic rings. The Balaban J connectivity index is 0.000000152. The fraction of sp³-hybridized carbons (Fsp3) is 0.263. The van der Waals surface area contributed by atoms with E-state index in [1.54, 1.807) is 48.5 Å². The van der Waals surface area contributed by atoms with Crippen LogP contribution in [0.5, 0.6) is 11.5 Å². The molecule has 0 bridgehead atoms. The van der Waals surface area contributed by atoms with Gasteiger partial charge in [-0.25, -0.2) is 9.36 Å². The number of nitrogens with zero attached hydrogens (tertiary/aromatic N) is 6. The van der Waals surface area contributed by atoms with Gasteiger partial charge in [0.25, 0.3) is 0 Å². The van der Waals surface area contributed by atoms with Crippen LogP contribution in [0.1, 0.15) is 62.1 Å². The Bertz CT molecular complexity index is 2020. The van der Waals surface area contributed by atoms with Crippen LogP contribution in [-0.2, 0) is 9.47 Å². The van der Waals surface area contributed by atoms with Gasteiger partial charge in [-0.2, -0.15) is 20.7 Å². The molecule has 2 aliphatic heterocycles. The van der Waals surface area contributed by atoms with E-state index in [4.69, 9.17) is 19.7 Å². The maximum Gasteiger partial charge on any atom is 0.150 e. The van der Waals surface area contributed by atoms with E-state index < -0.39 is 0 Å². The number of phenolic OH excluding ortho intramolecular Hbond substituents is 2. The van der Waals surface area contributed by atoms with Crippen LogP contribution in [0.2, 0.25) is 0 Å². The number of phenols is 2. The lowest BCUT2D eigenvalue weighted by Gasteiger charge is -2.23. The molecule has 2 fully saturated rings. The third-order valence-electron chi connectivity index (χ3n) is 8.77. The minimum absolute atomic E-state index is 0.0831. The van der Waals surface area contributed by atoms with E-state index in [1.807, 2.05) is 45.8 Å². The molecular weight excluding hydrogens is 604 g/mol. The predicted octanol–water partition coefficient (Wildman–Crippen LogP) is 7.96. The number of fused-ring (bicyclic) bond motifs is 2. The van der Waals surface area contributed by atoms with Gasteiger partial charge < -0.3 is 19.7 Å². The van der Waals surface area contributed by atoms with Gasteiger partial charge in [0.05, 0.1) is 34.3 Å². The lowest BCUT2D eigenvalue weighted by molar-refractivity contribution is -0.0366. The van der Waals surface area contributed by atoms with Crippen molar-refractivity contribution in [3.8, 4) is 46.2 Å². The Labute approximate surface area is 277 Å². The van der Waals surface area contributed by atoms with Crippen molar-refractivity contribution in [2.24, 2.45) is 0 Å². The van der Waals surface area contributed by atoms with Crippen molar-refractivity contribution in [2.45, 2.75) is 51.0 Å². The number of ether oxygens (including phenoxy) is 2. The molecule has 2 saturated heterocycles. The molecule has 0 aliphatic carbocycles. The van der Waals surface area contributed by atoms with Gasteiger partial charge in [0, 0.05) is 35.1 Å². The SMILES string of the molecule is N#Cc1ccc2c(c1)c(-c1cccc(O)c1)nn2C1CCCCO1.N#Cc1ccc2c(c1)c(-c1cccc(O)c1)nn2C1CCCCO1. The first-order valence-electron chi connectivity index (χ1n) is 16.2. The van der Waals surface area contributed by atoms with Gasteiger partial charge in [-0.15, -0.1) is 0 Å². The third kappa shape index (κ3) is 6.19. The van der Waals surface area contributed by atoms with Crippen LogP contribution in [0.3, 0.4) is 0 Å². The van der Waals surface area contributed by atoms with Gasteiger partial charge in [0.2, 0.25) is 0 Å². The second-order valence-electron chi connectivity index (χ2n) is 12.0. The highest BCUT2D eigenvalue weighted by Crippen LogP contribution is 2.36. The highest BCUT2D eigenvalue weighted by atomic mass is 16.5. The molecule has 2 unspecified atom stereocenters. The molecule has 0 spiro atoms. The van der Waals surface area contributed by atoms with Crippen molar-refractivity contribution >= 4 is 21.8 Å². The third-order valence-corrected chi connectivity index (χ3v) is 8.77. The van der Waals surface area contributed by atoms with Crippen LogP contribution in [0.4, 0.5) is 0 Å². The van der Waals surface area contributed by atoms with Gasteiger partial charge in [0.15, 0.2) is 12.5 Å². The van der Waals surface area contributed by atoms with Crippen LogP contribution >= 0.6 is 0 Å². The van der Waals surface area contributed by atoms with Crippen molar-refractivity contribution in [3.63, 3.8) is 0 Å². The van der Waals surface area contributed by atoms with Crippen LogP contribution in [-0.4, -0.2) is 43.0 Å². The normalized spacial score (nSPS) is 17.7. The molecule has 4 heterocycles. The number of hydrogen-bond donors (Lipinski definition) is 2. The summed E-state index contributed by atoms with van der Waals surface area (Å²) < 4.78 is 15.6. The zero-order valence-electron chi connectivity index (χ0n) is 26.3. The fourth-order valence-corrected chi connectivity index (χ4v) is 6.43. The fourth-order valence-electron chi connectivity index (χ4n) is 6.43. The van der Waals surface area contributed by atoms with Crippen molar-refractivity contribution in [3.05, 3.63) is 96.1 Å². The number of benzene rings is 4. The molecule has 2 aromatic heterocycles. The van der Waals surface area contributed by atoms with Crippen molar-refractivity contribution < 1.29 is 19.7 Å². The summed E-state index contributed by atoms with van der Waals surface area (Å²) in [6, 6.07) is 29.5. The second kappa shape index (κ2) is 13.6. The Kier molecular flexibility index (Phi) is 8.76. The summed E-state index contributed by atoms with van der Waals surface area (Å²) in [5.41, 5.74) is 6.23. The van der Waals surface area contributed by atoms with Crippen LogP contribution in [0.15, 0.2) is 84.9 Å². The zero-order chi connectivity index (χ0) is 33.0. The first kappa shape index (κ1) is 30.9. The summed E-state index contributed by atoms with van der Waals surface area (Å²) >= 11 is 0. The quantitative estimate of drug-likeness (QED) is 0.198. The van der Waals surface area contributed by atoms with Crippen molar-refractivity contribution in [1.82, 2.24) is 19.6 Å². The van der Waals surface area contributed by atoms with Gasteiger partial charge in [0.1, 0.15) is 22.9 Å². The molecule has 2 atom stereocenters. The number of aromatic nitrogens is 4. The average molecular weight is 639 g/mol. The highest BCUT2D eigenvalue weighted by molar-refractivity contribution is 5.95. The van der Waals surface area contributed by atoms with Crippen LogP contribution < -0.4 is 0 Å². The molecule has 10 nitrogen and oxygen atoms in total. The standard InChI is InChI=1S/2C19H17N3O2/c2*20-12-13-7-8-17-16(10-13)19(14-4-3-5-15(23)11-14)21-22(17)18-6-1-2-9-24-18/h2*3-5,7-8,10-11,18,23H,1-2,6,9H2. The van der Waals surface area contributed by atoms with E-state index in [9.17, 15) is 20.7 Å². The Morgan fingerprint density at radius 3 is 1.44 bits per heavy atom. The Morgan fingerprint density at radius 1 is 0.604 bits per heavy atom. The van der Waals surface area contributed by atoms with Gasteiger partial charge in [-0.05, 0) is 99.2 Å². The summed E-state index contributed by atoms with van der Waals surface area (Å²) in [7, 11) is 0. The largest absolute Gasteiger partial charge is 0.508 e. The Hall–Kier alpha value is -5.68. The maximum atomic E-state index is 9.79. The van der Waals surface area contributed by atoms with Gasteiger partial charge in [-0.3, -0.25) is 0 Å². The van der Waals surface area contributed by atoms with E-state index in [0.29, 0.717) is 11.1 Å². The molecule has 8 rings (SSSR count). The zero-order valence-corrected chi connectivity index (χ0v) is 26.3. The van der Waals surface area contributed by atoms with Crippen LogP contribution in [0.25, 0.3) is 44.3 Å². The summed E-state index contributed by atoms with van der Waals surface area (Å²) in [5.74, 6) is 0.390. The van der Waals surface area contributed by atoms with E-state index in [0.717, 1.165) is 96.1 Å². The lowest BCUT2D eigenvalue weighted by atomic mass is 10.1. The lowest BCUT2D eigenvalue weighted by Crippen LogP contribution is -2.19. The van der Waals surface area contributed by atoms with Crippen molar-refractivity contribution in [2.75, 3.05) is 13.2 Å². The molecule has 10 heteroatoms. The monoisotopic (exact) mass is 638 g/mol. The molecule has 0 saturated carbocycles. The first-order valence-corrected chi connectivity index (χ1v) is 16.2. The minimum Gasteiger partial charge on any atom is -0.508 e. The minimum atomic E-state index is -0.0831. The van der Waals surface area contributed by atoms with Crippen molar-refractivity contribution in [1.29, 1.82) is 10.5 Å². The van der Waals surface area contributed by atoms with Gasteiger partial charge >= 0.3 is 0 Å². The summed E-state index contributed by atoms with van der Waals surface area (Å²) in [4.78, 5) is 0. The Morgan fingerprint density at radius 2 is 1.06 bits per heavy atom. The van der Waals surface area contributed by atoms with E-state index in [-0.39, 0.29) is 24.0 Å². The molecule has 48 heavy (non-hydrogen) atoms. The summed E-state index contributed by atoms with van der Waals surface area (Å²) in [6.45, 7) is 1.48. The maximum absolute atomic E-state index is 9.79. The molecular formula is C38H34N6O4. The second-order valence-corrected chi connectivity index (χ2v) is 12.0. The number of aromatic hydroxyl groups is 2. The topological polar surface area (TPSA) is 142 Å².